The minimum absolute atomic E-state index is 0.191. The van der Waals surface area contributed by atoms with Crippen molar-refractivity contribution < 1.29 is 5.11 Å². The van der Waals surface area contributed by atoms with Crippen molar-refractivity contribution in [3.8, 4) is 0 Å². The van der Waals surface area contributed by atoms with Crippen LogP contribution in [0.1, 0.15) is 11.3 Å². The lowest BCUT2D eigenvalue weighted by Crippen LogP contribution is -2.44. The van der Waals surface area contributed by atoms with Gasteiger partial charge in [-0.3, -0.25) is 0 Å². The van der Waals surface area contributed by atoms with E-state index in [9.17, 15) is 0 Å². The van der Waals surface area contributed by atoms with E-state index in [-0.39, 0.29) is 6.61 Å². The Labute approximate surface area is 103 Å². The van der Waals surface area contributed by atoms with Gasteiger partial charge in [0.25, 0.3) is 0 Å². The Kier molecular flexibility index (Phi) is 3.97. The Morgan fingerprint density at radius 1 is 1.24 bits per heavy atom. The molecule has 0 bridgehead atoms. The number of likely N-dealkylation sites (N-methyl/N-ethyl adjacent to an activating group) is 1. The summed E-state index contributed by atoms with van der Waals surface area (Å²) < 4.78 is 0. The van der Waals surface area contributed by atoms with Crippen molar-refractivity contribution in [2.24, 2.45) is 0 Å². The normalized spacial score (nSPS) is 17.5. The fourth-order valence-electron chi connectivity index (χ4n) is 2.17. The standard InChI is InChI=1S/C13H21N3O/c1-11-12(5-10-17)3-4-13(14-11)16-8-6-15(2)7-9-16/h3-4,17H,5-10H2,1-2H3. The molecule has 0 unspecified atom stereocenters. The van der Waals surface area contributed by atoms with Crippen LogP contribution in [0.4, 0.5) is 5.82 Å². The largest absolute Gasteiger partial charge is 0.396 e. The van der Waals surface area contributed by atoms with Gasteiger partial charge in [-0.15, -0.1) is 0 Å². The summed E-state index contributed by atoms with van der Waals surface area (Å²) >= 11 is 0. The van der Waals surface area contributed by atoms with Crippen molar-refractivity contribution in [1.82, 2.24) is 9.88 Å². The van der Waals surface area contributed by atoms with Gasteiger partial charge in [0.05, 0.1) is 0 Å². The van der Waals surface area contributed by atoms with Gasteiger partial charge in [0, 0.05) is 38.5 Å². The molecule has 0 saturated carbocycles. The molecule has 1 saturated heterocycles. The molecule has 1 aromatic rings. The van der Waals surface area contributed by atoms with Crippen LogP contribution in [0.3, 0.4) is 0 Å². The van der Waals surface area contributed by atoms with E-state index in [1.165, 1.54) is 0 Å². The maximum Gasteiger partial charge on any atom is 0.128 e. The monoisotopic (exact) mass is 235 g/mol. The smallest absolute Gasteiger partial charge is 0.128 e. The number of pyridine rings is 1. The Morgan fingerprint density at radius 3 is 2.53 bits per heavy atom. The number of hydrogen-bond acceptors (Lipinski definition) is 4. The van der Waals surface area contributed by atoms with E-state index < -0.39 is 0 Å². The summed E-state index contributed by atoms with van der Waals surface area (Å²) in [4.78, 5) is 9.30. The predicted octanol–water partition coefficient (Wildman–Crippen LogP) is 0.677. The number of aliphatic hydroxyl groups is 1. The van der Waals surface area contributed by atoms with Crippen LogP contribution < -0.4 is 4.90 Å². The van der Waals surface area contributed by atoms with E-state index in [2.05, 4.69) is 34.0 Å². The molecule has 0 radical (unpaired) electrons. The summed E-state index contributed by atoms with van der Waals surface area (Å²) in [5, 5.41) is 8.95. The molecular weight excluding hydrogens is 214 g/mol. The van der Waals surface area contributed by atoms with Gasteiger partial charge in [0.1, 0.15) is 5.82 Å². The number of anilines is 1. The molecule has 0 aliphatic carbocycles. The molecular formula is C13H21N3O. The summed E-state index contributed by atoms with van der Waals surface area (Å²) in [5.41, 5.74) is 2.18. The zero-order valence-corrected chi connectivity index (χ0v) is 10.7. The minimum Gasteiger partial charge on any atom is -0.396 e. The summed E-state index contributed by atoms with van der Waals surface area (Å²) in [6.07, 6.45) is 0.696. The summed E-state index contributed by atoms with van der Waals surface area (Å²) in [7, 11) is 2.15. The van der Waals surface area contributed by atoms with Crippen LogP contribution in [0.15, 0.2) is 12.1 Å². The van der Waals surface area contributed by atoms with Crippen LogP contribution in [0.2, 0.25) is 0 Å². The van der Waals surface area contributed by atoms with Crippen LogP contribution in [-0.2, 0) is 6.42 Å². The first-order chi connectivity index (χ1) is 8.20. The maximum absolute atomic E-state index is 8.95. The number of aryl methyl sites for hydroxylation is 1. The molecule has 94 valence electrons. The molecule has 1 aromatic heterocycles. The maximum atomic E-state index is 8.95. The molecule has 1 aliphatic rings. The first kappa shape index (κ1) is 12.3. The lowest BCUT2D eigenvalue weighted by molar-refractivity contribution is 0.299. The molecule has 1 fully saturated rings. The van der Waals surface area contributed by atoms with E-state index in [0.717, 1.165) is 43.3 Å². The zero-order valence-electron chi connectivity index (χ0n) is 10.7. The fraction of sp³-hybridized carbons (Fsp3) is 0.615. The van der Waals surface area contributed by atoms with Gasteiger partial charge in [0.15, 0.2) is 0 Å². The highest BCUT2D eigenvalue weighted by Crippen LogP contribution is 2.16. The topological polar surface area (TPSA) is 39.6 Å². The Bertz CT molecular complexity index is 373. The van der Waals surface area contributed by atoms with Crippen molar-refractivity contribution in [2.45, 2.75) is 13.3 Å². The molecule has 0 aromatic carbocycles. The lowest BCUT2D eigenvalue weighted by atomic mass is 10.1. The Hall–Kier alpha value is -1.13. The van der Waals surface area contributed by atoms with E-state index >= 15 is 0 Å². The molecule has 2 rings (SSSR count). The molecule has 4 heteroatoms. The van der Waals surface area contributed by atoms with Gasteiger partial charge in [-0.2, -0.15) is 0 Å². The summed E-state index contributed by atoms with van der Waals surface area (Å²) in [6, 6.07) is 4.16. The zero-order chi connectivity index (χ0) is 12.3. The highest BCUT2D eigenvalue weighted by molar-refractivity contribution is 5.42. The SMILES string of the molecule is Cc1nc(N2CCN(C)CC2)ccc1CCO. The quantitative estimate of drug-likeness (QED) is 0.836. The highest BCUT2D eigenvalue weighted by atomic mass is 16.2. The molecule has 0 atom stereocenters. The van der Waals surface area contributed by atoms with E-state index in [1.807, 2.05) is 6.92 Å². The molecule has 0 spiro atoms. The van der Waals surface area contributed by atoms with E-state index in [0.29, 0.717) is 6.42 Å². The third-order valence-electron chi connectivity index (χ3n) is 3.39. The number of nitrogens with zero attached hydrogens (tertiary/aromatic N) is 3. The second kappa shape index (κ2) is 5.47. The van der Waals surface area contributed by atoms with Gasteiger partial charge < -0.3 is 14.9 Å². The van der Waals surface area contributed by atoms with Crippen molar-refractivity contribution in [2.75, 3.05) is 44.7 Å². The molecule has 2 heterocycles. The molecule has 1 N–H and O–H groups in total. The number of piperazine rings is 1. The predicted molar refractivity (Wildman–Crippen MR) is 69.5 cm³/mol. The van der Waals surface area contributed by atoms with Crippen molar-refractivity contribution >= 4 is 5.82 Å². The van der Waals surface area contributed by atoms with Gasteiger partial charge in [-0.25, -0.2) is 4.98 Å². The number of rotatable bonds is 3. The van der Waals surface area contributed by atoms with Crippen LogP contribution in [0, 0.1) is 6.92 Å². The third kappa shape index (κ3) is 2.96. The fourth-order valence-corrected chi connectivity index (χ4v) is 2.17. The third-order valence-corrected chi connectivity index (χ3v) is 3.39. The van der Waals surface area contributed by atoms with E-state index in [4.69, 9.17) is 5.11 Å². The average molecular weight is 235 g/mol. The van der Waals surface area contributed by atoms with Crippen LogP contribution in [-0.4, -0.2) is 54.8 Å². The second-order valence-corrected chi connectivity index (χ2v) is 4.68. The van der Waals surface area contributed by atoms with Crippen molar-refractivity contribution in [3.05, 3.63) is 23.4 Å². The molecule has 1 aliphatic heterocycles. The molecule has 4 nitrogen and oxygen atoms in total. The molecule has 0 amide bonds. The number of hydrogen-bond donors (Lipinski definition) is 1. The van der Waals surface area contributed by atoms with Crippen molar-refractivity contribution in [1.29, 1.82) is 0 Å². The van der Waals surface area contributed by atoms with Gasteiger partial charge in [-0.1, -0.05) is 6.07 Å². The van der Waals surface area contributed by atoms with E-state index in [1.54, 1.807) is 0 Å². The van der Waals surface area contributed by atoms with Gasteiger partial charge >= 0.3 is 0 Å². The first-order valence-corrected chi connectivity index (χ1v) is 6.21. The lowest BCUT2D eigenvalue weighted by Gasteiger charge is -2.33. The van der Waals surface area contributed by atoms with Gasteiger partial charge in [0.2, 0.25) is 0 Å². The second-order valence-electron chi connectivity index (χ2n) is 4.68. The molecule has 17 heavy (non-hydrogen) atoms. The highest BCUT2D eigenvalue weighted by Gasteiger charge is 2.15. The van der Waals surface area contributed by atoms with Crippen LogP contribution in [0.5, 0.6) is 0 Å². The number of aliphatic hydroxyl groups excluding tert-OH is 1. The minimum atomic E-state index is 0.191. The van der Waals surface area contributed by atoms with Crippen molar-refractivity contribution in [3.63, 3.8) is 0 Å². The summed E-state index contributed by atoms with van der Waals surface area (Å²) in [6.45, 7) is 6.49. The first-order valence-electron chi connectivity index (χ1n) is 6.21. The number of aromatic nitrogens is 1. The van der Waals surface area contributed by atoms with Crippen LogP contribution in [0.25, 0.3) is 0 Å². The van der Waals surface area contributed by atoms with Gasteiger partial charge in [-0.05, 0) is 32.0 Å². The Morgan fingerprint density at radius 2 is 1.94 bits per heavy atom. The average Bonchev–Trinajstić information content (AvgIpc) is 2.33. The Balaban J connectivity index is 2.09. The van der Waals surface area contributed by atoms with Crippen LogP contribution >= 0.6 is 0 Å². The summed E-state index contributed by atoms with van der Waals surface area (Å²) in [5.74, 6) is 1.07.